The number of amides is 3. The fourth-order valence-corrected chi connectivity index (χ4v) is 4.75. The number of benzene rings is 1. The van der Waals surface area contributed by atoms with Crippen LogP contribution >= 0.6 is 0 Å². The maximum atomic E-state index is 13.3. The van der Waals surface area contributed by atoms with Gasteiger partial charge in [-0.1, -0.05) is 19.9 Å². The summed E-state index contributed by atoms with van der Waals surface area (Å²) in [5, 5.41) is 6.85. The number of carbonyl (C=O) groups is 4. The van der Waals surface area contributed by atoms with Gasteiger partial charge in [0.25, 0.3) is 11.8 Å². The number of pyridine rings is 1. The number of ether oxygens (including phenoxy) is 2. The second kappa shape index (κ2) is 12.3. The van der Waals surface area contributed by atoms with Crippen LogP contribution in [-0.4, -0.2) is 64.0 Å². The minimum Gasteiger partial charge on any atom is -0.478 e. The van der Waals surface area contributed by atoms with Crippen LogP contribution in [0.5, 0.6) is 5.75 Å². The van der Waals surface area contributed by atoms with E-state index in [-0.39, 0.29) is 5.92 Å². The van der Waals surface area contributed by atoms with E-state index < -0.39 is 53.5 Å². The van der Waals surface area contributed by atoms with Gasteiger partial charge in [-0.3, -0.25) is 24.2 Å². The summed E-state index contributed by atoms with van der Waals surface area (Å²) in [6.45, 7) is 10.6. The fraction of sp³-hybridized carbons (Fsp3) is 0.500. The quantitative estimate of drug-likeness (QED) is 0.354. The summed E-state index contributed by atoms with van der Waals surface area (Å²) < 4.78 is 11.8. The van der Waals surface area contributed by atoms with Crippen LogP contribution in [0.15, 0.2) is 42.5 Å². The molecule has 41 heavy (non-hydrogen) atoms. The Morgan fingerprint density at radius 1 is 1.00 bits per heavy atom. The number of esters is 1. The van der Waals surface area contributed by atoms with Crippen molar-refractivity contribution in [3.05, 3.63) is 48.2 Å². The van der Waals surface area contributed by atoms with Gasteiger partial charge >= 0.3 is 5.97 Å². The molecule has 3 amide bonds. The molecule has 11 heteroatoms. The minimum atomic E-state index is -1.29. The topological polar surface area (TPSA) is 139 Å². The maximum absolute atomic E-state index is 13.3. The molecule has 1 aromatic carbocycles. The molecule has 11 nitrogen and oxygen atoms in total. The van der Waals surface area contributed by atoms with Crippen molar-refractivity contribution in [2.45, 2.75) is 84.2 Å². The zero-order chi connectivity index (χ0) is 29.9. The van der Waals surface area contributed by atoms with E-state index in [2.05, 4.69) is 16.1 Å². The van der Waals surface area contributed by atoms with Crippen molar-refractivity contribution < 1.29 is 28.7 Å². The Morgan fingerprint density at radius 3 is 2.39 bits per heavy atom. The summed E-state index contributed by atoms with van der Waals surface area (Å²) in [5.41, 5.74) is 3.75. The van der Waals surface area contributed by atoms with Gasteiger partial charge in [0, 0.05) is 12.1 Å². The summed E-state index contributed by atoms with van der Waals surface area (Å²) in [4.78, 5) is 57.4. The van der Waals surface area contributed by atoms with Crippen LogP contribution in [0.4, 0.5) is 0 Å². The Labute approximate surface area is 240 Å². The first kappa shape index (κ1) is 30.0. The summed E-state index contributed by atoms with van der Waals surface area (Å²) >= 11 is 0. The molecule has 3 aliphatic rings. The number of nitrogens with zero attached hydrogens (tertiary/aromatic N) is 2. The number of nitrogens with one attached hydrogen (secondary N) is 3. The van der Waals surface area contributed by atoms with Gasteiger partial charge in [-0.15, -0.1) is 0 Å². The molecule has 0 spiro atoms. The van der Waals surface area contributed by atoms with Crippen LogP contribution in [0.1, 0.15) is 66.2 Å². The summed E-state index contributed by atoms with van der Waals surface area (Å²) in [6, 6.07) is 10.1. The maximum Gasteiger partial charge on any atom is 0.325 e. The van der Waals surface area contributed by atoms with Crippen LogP contribution in [0.3, 0.4) is 0 Å². The number of hydrazine groups is 1. The van der Waals surface area contributed by atoms with Gasteiger partial charge in [-0.25, -0.2) is 10.4 Å². The van der Waals surface area contributed by atoms with E-state index in [0.29, 0.717) is 36.5 Å². The second-order valence-corrected chi connectivity index (χ2v) is 11.4. The number of hydrogen-bond donors (Lipinski definition) is 3. The Hall–Kier alpha value is -3.99. The number of fused-ring (bicyclic) bond motifs is 12. The molecule has 0 unspecified atom stereocenters. The van der Waals surface area contributed by atoms with E-state index in [9.17, 15) is 19.2 Å². The van der Waals surface area contributed by atoms with Crippen molar-refractivity contribution >= 4 is 23.7 Å². The Balaban J connectivity index is 1.66. The lowest BCUT2D eigenvalue weighted by molar-refractivity contribution is -0.157. The third-order valence-electron chi connectivity index (χ3n) is 7.25. The first-order valence-electron chi connectivity index (χ1n) is 14.0. The molecule has 2 aromatic rings. The molecular formula is C30H39N5O6. The Morgan fingerprint density at radius 2 is 1.71 bits per heavy atom. The van der Waals surface area contributed by atoms with Crippen molar-refractivity contribution in [2.24, 2.45) is 5.92 Å². The summed E-state index contributed by atoms with van der Waals surface area (Å²) in [7, 11) is 0. The second-order valence-electron chi connectivity index (χ2n) is 11.4. The van der Waals surface area contributed by atoms with Crippen molar-refractivity contribution in [1.29, 1.82) is 0 Å². The average Bonchev–Trinajstić information content (AvgIpc) is 2.94. The third-order valence-corrected chi connectivity index (χ3v) is 7.25. The van der Waals surface area contributed by atoms with Gasteiger partial charge in [-0.2, -0.15) is 0 Å². The van der Waals surface area contributed by atoms with Gasteiger partial charge in [0.2, 0.25) is 5.91 Å². The molecule has 1 saturated heterocycles. The van der Waals surface area contributed by atoms with E-state index >= 15 is 0 Å². The smallest absolute Gasteiger partial charge is 0.325 e. The first-order chi connectivity index (χ1) is 19.4. The fourth-order valence-electron chi connectivity index (χ4n) is 4.75. The van der Waals surface area contributed by atoms with E-state index in [0.717, 1.165) is 5.56 Å². The SMILES string of the molecule is CC(C)[C@@H]1NC(=O)C(C)(C)Oc2ccc(cc2)-c2cccc(n2)[C@@H](C)OC(=O)[C@@H]2CCCN(N2)C(=O)[C@H](C)NC1=O. The lowest BCUT2D eigenvalue weighted by atomic mass is 10.0. The van der Waals surface area contributed by atoms with Crippen LogP contribution in [-0.2, 0) is 23.9 Å². The van der Waals surface area contributed by atoms with Crippen LogP contribution in [0.2, 0.25) is 0 Å². The third kappa shape index (κ3) is 7.02. The largest absolute Gasteiger partial charge is 0.478 e. The highest BCUT2D eigenvalue weighted by molar-refractivity contribution is 5.94. The molecule has 0 radical (unpaired) electrons. The zero-order valence-corrected chi connectivity index (χ0v) is 24.4. The first-order valence-corrected chi connectivity index (χ1v) is 14.0. The molecular weight excluding hydrogens is 526 g/mol. The molecule has 4 atom stereocenters. The Kier molecular flexibility index (Phi) is 8.96. The number of carbonyl (C=O) groups excluding carboxylic acids is 4. The van der Waals surface area contributed by atoms with Crippen molar-refractivity contribution in [2.75, 3.05) is 6.54 Å². The molecule has 1 aromatic heterocycles. The standard InChI is InChI=1S/C30H39N5O6/c1-17(2)25-26(36)31-18(3)27(37)35-16-8-11-24(34-35)28(38)40-19(4)22-9-7-10-23(32-22)20-12-14-21(15-13-20)41-30(5,6)29(39)33-25/h7,9-10,12-15,17-19,24-25,34H,8,11,16H2,1-6H3,(H,31,36)(H,33,39)/t18-,19+,24-,25-/m0/s1. The van der Waals surface area contributed by atoms with E-state index in [4.69, 9.17) is 14.5 Å². The van der Waals surface area contributed by atoms with E-state index in [1.807, 2.05) is 24.3 Å². The van der Waals surface area contributed by atoms with Gasteiger partial charge in [-0.05, 0) is 82.9 Å². The highest BCUT2D eigenvalue weighted by Crippen LogP contribution is 2.26. The van der Waals surface area contributed by atoms with Crippen LogP contribution < -0.4 is 20.8 Å². The molecule has 5 rings (SSSR count). The van der Waals surface area contributed by atoms with Gasteiger partial charge < -0.3 is 20.1 Å². The zero-order valence-electron chi connectivity index (χ0n) is 24.4. The van der Waals surface area contributed by atoms with Gasteiger partial charge in [0.15, 0.2) is 5.60 Å². The number of aromatic nitrogens is 1. The molecule has 1 fully saturated rings. The lowest BCUT2D eigenvalue weighted by Crippen LogP contribution is -2.61. The lowest BCUT2D eigenvalue weighted by Gasteiger charge is -2.35. The van der Waals surface area contributed by atoms with Crippen LogP contribution in [0.25, 0.3) is 11.3 Å². The highest BCUT2D eigenvalue weighted by Gasteiger charge is 2.37. The molecule has 0 saturated carbocycles. The average molecular weight is 566 g/mol. The van der Waals surface area contributed by atoms with Crippen molar-refractivity contribution in [3.8, 4) is 17.0 Å². The predicted molar refractivity (Wildman–Crippen MR) is 151 cm³/mol. The van der Waals surface area contributed by atoms with E-state index in [1.54, 1.807) is 59.7 Å². The monoisotopic (exact) mass is 565 g/mol. The van der Waals surface area contributed by atoms with Gasteiger partial charge in [0.05, 0.1) is 11.4 Å². The number of rotatable bonds is 1. The molecule has 220 valence electrons. The Bertz CT molecular complexity index is 1290. The minimum absolute atomic E-state index is 0.264. The summed E-state index contributed by atoms with van der Waals surface area (Å²) in [6.07, 6.45) is 0.452. The molecule has 3 N–H and O–H groups in total. The highest BCUT2D eigenvalue weighted by atomic mass is 16.5. The van der Waals surface area contributed by atoms with E-state index in [1.165, 1.54) is 5.01 Å². The normalized spacial score (nSPS) is 25.8. The predicted octanol–water partition coefficient (Wildman–Crippen LogP) is 2.66. The molecule has 4 heterocycles. The summed E-state index contributed by atoms with van der Waals surface area (Å²) in [5.74, 6) is -1.66. The van der Waals surface area contributed by atoms with Crippen LogP contribution in [0, 0.1) is 5.92 Å². The van der Waals surface area contributed by atoms with Crippen molar-refractivity contribution in [1.82, 2.24) is 26.1 Å². The van der Waals surface area contributed by atoms with Crippen molar-refractivity contribution in [3.63, 3.8) is 0 Å². The molecule has 3 aliphatic heterocycles. The van der Waals surface area contributed by atoms with Gasteiger partial charge in [0.1, 0.15) is 30.0 Å². The molecule has 0 aliphatic carbocycles. The number of hydrogen-bond acceptors (Lipinski definition) is 8. The molecule has 6 bridgehead atoms.